The molecule has 1 amide bonds. The van der Waals surface area contributed by atoms with Crippen molar-refractivity contribution in [1.82, 2.24) is 10.3 Å². The molecule has 1 heterocycles. The first-order chi connectivity index (χ1) is 11.6. The molecule has 0 aliphatic heterocycles. The highest BCUT2D eigenvalue weighted by Crippen LogP contribution is 2.23. The number of nitrogens with two attached hydrogens (primary N) is 1. The Balaban J connectivity index is 1.95. The average Bonchev–Trinajstić information content (AvgIpc) is 2.61. The molecule has 6 nitrogen and oxygen atoms in total. The third kappa shape index (κ3) is 5.24. The van der Waals surface area contributed by atoms with E-state index in [-0.39, 0.29) is 11.8 Å². The molecule has 1 unspecified atom stereocenters. The van der Waals surface area contributed by atoms with Crippen molar-refractivity contribution in [3.63, 3.8) is 0 Å². The van der Waals surface area contributed by atoms with Crippen molar-refractivity contribution in [1.29, 1.82) is 0 Å². The summed E-state index contributed by atoms with van der Waals surface area (Å²) in [5.41, 5.74) is 6.39. The Morgan fingerprint density at radius 3 is 2.62 bits per heavy atom. The number of aromatic nitrogens is 1. The first-order valence-corrected chi connectivity index (χ1v) is 7.95. The summed E-state index contributed by atoms with van der Waals surface area (Å²) in [6.45, 7) is 5.09. The summed E-state index contributed by atoms with van der Waals surface area (Å²) >= 11 is 0. The number of pyridine rings is 1. The summed E-state index contributed by atoms with van der Waals surface area (Å²) in [5, 5.41) is 2.84. The van der Waals surface area contributed by atoms with E-state index in [9.17, 15) is 4.79 Å². The van der Waals surface area contributed by atoms with Crippen molar-refractivity contribution in [2.75, 3.05) is 13.2 Å². The van der Waals surface area contributed by atoms with E-state index in [4.69, 9.17) is 15.2 Å². The third-order valence-corrected chi connectivity index (χ3v) is 3.42. The fraction of sp³-hybridized carbons (Fsp3) is 0.333. The molecule has 3 N–H and O–H groups in total. The van der Waals surface area contributed by atoms with Crippen molar-refractivity contribution >= 4 is 5.91 Å². The quantitative estimate of drug-likeness (QED) is 0.777. The Morgan fingerprint density at radius 1 is 1.25 bits per heavy atom. The van der Waals surface area contributed by atoms with Crippen LogP contribution in [0.15, 0.2) is 42.6 Å². The van der Waals surface area contributed by atoms with Gasteiger partial charge in [0.2, 0.25) is 11.8 Å². The Kier molecular flexibility index (Phi) is 6.57. The topological polar surface area (TPSA) is 86.5 Å². The van der Waals surface area contributed by atoms with E-state index >= 15 is 0 Å². The number of hydrogen-bond donors (Lipinski definition) is 2. The zero-order chi connectivity index (χ0) is 17.4. The molecule has 1 aromatic heterocycles. The summed E-state index contributed by atoms with van der Waals surface area (Å²) in [6.07, 6.45) is 1.65. The van der Waals surface area contributed by atoms with Crippen LogP contribution in [0.25, 0.3) is 0 Å². The van der Waals surface area contributed by atoms with Gasteiger partial charge in [0.15, 0.2) is 0 Å². The molecule has 6 heteroatoms. The first-order valence-electron chi connectivity index (χ1n) is 7.95. The monoisotopic (exact) mass is 329 g/mol. The number of nitrogens with one attached hydrogen (secondary N) is 1. The van der Waals surface area contributed by atoms with Gasteiger partial charge in [0.25, 0.3) is 0 Å². The summed E-state index contributed by atoms with van der Waals surface area (Å²) in [6, 6.07) is 11.0. The molecule has 0 fully saturated rings. The van der Waals surface area contributed by atoms with Crippen LogP contribution in [-0.2, 0) is 11.3 Å². The zero-order valence-electron chi connectivity index (χ0n) is 14.0. The van der Waals surface area contributed by atoms with Crippen molar-refractivity contribution in [3.05, 3.63) is 48.2 Å². The maximum absolute atomic E-state index is 11.8. The van der Waals surface area contributed by atoms with E-state index in [1.165, 1.54) is 0 Å². The van der Waals surface area contributed by atoms with E-state index < -0.39 is 0 Å². The lowest BCUT2D eigenvalue weighted by Gasteiger charge is -2.11. The summed E-state index contributed by atoms with van der Waals surface area (Å²) in [4.78, 5) is 15.9. The normalized spacial score (nSPS) is 11.6. The van der Waals surface area contributed by atoms with E-state index in [0.29, 0.717) is 31.3 Å². The number of carbonyl (C=O) groups is 1. The van der Waals surface area contributed by atoms with Crippen molar-refractivity contribution in [2.45, 2.75) is 20.4 Å². The molecule has 0 aliphatic carbocycles. The second-order valence-electron chi connectivity index (χ2n) is 5.36. The van der Waals surface area contributed by atoms with E-state index in [1.54, 1.807) is 19.2 Å². The minimum atomic E-state index is -0.202. The number of nitrogens with zero attached hydrogens (tertiary/aromatic N) is 1. The van der Waals surface area contributed by atoms with Crippen LogP contribution in [0.1, 0.15) is 19.4 Å². The van der Waals surface area contributed by atoms with E-state index in [0.717, 1.165) is 11.3 Å². The van der Waals surface area contributed by atoms with Gasteiger partial charge in [-0.05, 0) is 42.8 Å². The molecule has 24 heavy (non-hydrogen) atoms. The second kappa shape index (κ2) is 8.88. The molecular weight excluding hydrogens is 306 g/mol. The van der Waals surface area contributed by atoms with E-state index in [2.05, 4.69) is 10.3 Å². The molecule has 1 aromatic carbocycles. The van der Waals surface area contributed by atoms with Gasteiger partial charge >= 0.3 is 0 Å². The lowest BCUT2D eigenvalue weighted by Crippen LogP contribution is -2.32. The maximum atomic E-state index is 11.8. The molecule has 1 atom stereocenters. The van der Waals surface area contributed by atoms with Gasteiger partial charge in [0.05, 0.1) is 6.61 Å². The maximum Gasteiger partial charge on any atom is 0.224 e. The minimum Gasteiger partial charge on any atom is -0.494 e. The van der Waals surface area contributed by atoms with Gasteiger partial charge in [-0.3, -0.25) is 4.79 Å². The first kappa shape index (κ1) is 17.7. The van der Waals surface area contributed by atoms with Crippen molar-refractivity contribution in [2.24, 2.45) is 11.7 Å². The Morgan fingerprint density at radius 2 is 1.96 bits per heavy atom. The molecule has 0 radical (unpaired) electrons. The number of benzene rings is 1. The summed E-state index contributed by atoms with van der Waals surface area (Å²) < 4.78 is 11.1. The SMILES string of the molecule is CCOc1ccc(Oc2cc(CNC(=O)C(C)CN)ccn2)cc1. The summed E-state index contributed by atoms with van der Waals surface area (Å²) in [5.74, 6) is 1.67. The standard InChI is InChI=1S/C18H23N3O3/c1-3-23-15-4-6-16(7-5-15)24-17-10-14(8-9-20-17)12-21-18(22)13(2)11-19/h4-10,13H,3,11-12,19H2,1-2H3,(H,21,22). The van der Waals surface area contributed by atoms with E-state index in [1.807, 2.05) is 37.3 Å². The number of ether oxygens (including phenoxy) is 2. The van der Waals surface area contributed by atoms with Gasteiger partial charge < -0.3 is 20.5 Å². The lowest BCUT2D eigenvalue weighted by molar-refractivity contribution is -0.124. The summed E-state index contributed by atoms with van der Waals surface area (Å²) in [7, 11) is 0. The van der Waals surface area contributed by atoms with Crippen LogP contribution < -0.4 is 20.5 Å². The van der Waals surface area contributed by atoms with Crippen molar-refractivity contribution < 1.29 is 14.3 Å². The molecule has 2 rings (SSSR count). The van der Waals surface area contributed by atoms with Crippen LogP contribution in [0.4, 0.5) is 0 Å². The Labute approximate surface area is 142 Å². The lowest BCUT2D eigenvalue weighted by atomic mass is 10.1. The second-order valence-corrected chi connectivity index (χ2v) is 5.36. The predicted octanol–water partition coefficient (Wildman–Crippen LogP) is 2.48. The largest absolute Gasteiger partial charge is 0.494 e. The molecule has 0 aliphatic rings. The number of amides is 1. The van der Waals surface area contributed by atoms with Crippen LogP contribution in [0, 0.1) is 5.92 Å². The van der Waals surface area contributed by atoms with Crippen LogP contribution >= 0.6 is 0 Å². The molecule has 0 spiro atoms. The average molecular weight is 329 g/mol. The Hall–Kier alpha value is -2.60. The molecule has 128 valence electrons. The van der Waals surface area contributed by atoms with Crippen LogP contribution in [-0.4, -0.2) is 24.0 Å². The van der Waals surface area contributed by atoms with Gasteiger partial charge in [-0.2, -0.15) is 0 Å². The predicted molar refractivity (Wildman–Crippen MR) is 92.0 cm³/mol. The highest BCUT2D eigenvalue weighted by atomic mass is 16.5. The fourth-order valence-electron chi connectivity index (χ4n) is 1.98. The van der Waals surface area contributed by atoms with Crippen molar-refractivity contribution in [3.8, 4) is 17.4 Å². The van der Waals surface area contributed by atoms with Crippen LogP contribution in [0.3, 0.4) is 0 Å². The molecule has 2 aromatic rings. The molecule has 0 bridgehead atoms. The van der Waals surface area contributed by atoms with Gasteiger partial charge in [-0.25, -0.2) is 4.98 Å². The van der Waals surface area contributed by atoms with Gasteiger partial charge in [-0.15, -0.1) is 0 Å². The number of hydrogen-bond acceptors (Lipinski definition) is 5. The zero-order valence-corrected chi connectivity index (χ0v) is 14.0. The number of carbonyl (C=O) groups excluding carboxylic acids is 1. The van der Waals surface area contributed by atoms with Crippen LogP contribution in [0.5, 0.6) is 17.4 Å². The fourth-order valence-corrected chi connectivity index (χ4v) is 1.98. The van der Waals surface area contributed by atoms with Gasteiger partial charge in [0.1, 0.15) is 11.5 Å². The number of rotatable bonds is 8. The Bertz CT molecular complexity index is 659. The smallest absolute Gasteiger partial charge is 0.224 e. The van der Waals surface area contributed by atoms with Gasteiger partial charge in [0, 0.05) is 31.3 Å². The molecule has 0 saturated carbocycles. The minimum absolute atomic E-state index is 0.0664. The molecule has 0 saturated heterocycles. The van der Waals surface area contributed by atoms with Gasteiger partial charge in [-0.1, -0.05) is 6.92 Å². The van der Waals surface area contributed by atoms with Crippen LogP contribution in [0.2, 0.25) is 0 Å². The molecular formula is C18H23N3O3. The highest BCUT2D eigenvalue weighted by molar-refractivity contribution is 5.78. The highest BCUT2D eigenvalue weighted by Gasteiger charge is 2.10. The third-order valence-electron chi connectivity index (χ3n) is 3.42.